The van der Waals surface area contributed by atoms with Crippen LogP contribution in [0.3, 0.4) is 0 Å². The number of aromatic nitrogens is 3. The number of para-hydroxylation sites is 1. The van der Waals surface area contributed by atoms with Crippen molar-refractivity contribution in [1.29, 1.82) is 0 Å². The first kappa shape index (κ1) is 17.2. The lowest BCUT2D eigenvalue weighted by Crippen LogP contribution is -2.48. The third kappa shape index (κ3) is 2.57. The maximum Gasteiger partial charge on any atom is 0.274 e. The van der Waals surface area contributed by atoms with E-state index in [1.54, 1.807) is 0 Å². The number of amides is 1. The molecular weight excluding hydrogens is 366 g/mol. The summed E-state index contributed by atoms with van der Waals surface area (Å²) in [5.41, 5.74) is 6.22. The Morgan fingerprint density at radius 2 is 2.00 bits per heavy atom. The molecule has 3 aliphatic heterocycles. The van der Waals surface area contributed by atoms with E-state index in [4.69, 9.17) is 4.74 Å². The second kappa shape index (κ2) is 6.43. The third-order valence-electron chi connectivity index (χ3n) is 6.87. The van der Waals surface area contributed by atoms with Crippen LogP contribution in [0.4, 0.5) is 0 Å². The summed E-state index contributed by atoms with van der Waals surface area (Å²) in [6.45, 7) is 3.77. The van der Waals surface area contributed by atoms with Crippen molar-refractivity contribution in [3.8, 4) is 0 Å². The van der Waals surface area contributed by atoms with E-state index in [1.165, 1.54) is 22.2 Å². The van der Waals surface area contributed by atoms with Crippen molar-refractivity contribution in [3.63, 3.8) is 0 Å². The average molecular weight is 391 g/mol. The smallest absolute Gasteiger partial charge is 0.274 e. The van der Waals surface area contributed by atoms with Crippen LogP contribution in [0.5, 0.6) is 0 Å². The maximum absolute atomic E-state index is 13.2. The third-order valence-corrected chi connectivity index (χ3v) is 6.87. The number of nitrogens with one attached hydrogen (secondary N) is 3. The molecule has 0 saturated carbocycles. The zero-order valence-corrected chi connectivity index (χ0v) is 16.4. The lowest BCUT2D eigenvalue weighted by atomic mass is 9.83. The zero-order chi connectivity index (χ0) is 19.4. The van der Waals surface area contributed by atoms with E-state index >= 15 is 0 Å². The van der Waals surface area contributed by atoms with Gasteiger partial charge in [-0.1, -0.05) is 18.2 Å². The number of hydrogen-bond acceptors (Lipinski definition) is 4. The van der Waals surface area contributed by atoms with Gasteiger partial charge in [0.15, 0.2) is 5.69 Å². The van der Waals surface area contributed by atoms with E-state index in [-0.39, 0.29) is 11.5 Å². The second-order valence-electron chi connectivity index (χ2n) is 8.37. The van der Waals surface area contributed by atoms with Gasteiger partial charge >= 0.3 is 0 Å². The molecule has 1 fully saturated rings. The van der Waals surface area contributed by atoms with Gasteiger partial charge in [-0.05, 0) is 43.9 Å². The number of benzene rings is 1. The first-order valence-electron chi connectivity index (χ1n) is 10.6. The molecule has 1 saturated heterocycles. The summed E-state index contributed by atoms with van der Waals surface area (Å²) in [6, 6.07) is 8.49. The fourth-order valence-electron chi connectivity index (χ4n) is 5.30. The van der Waals surface area contributed by atoms with Crippen LogP contribution in [0.1, 0.15) is 45.8 Å². The van der Waals surface area contributed by atoms with Gasteiger partial charge in [-0.15, -0.1) is 0 Å². The van der Waals surface area contributed by atoms with Gasteiger partial charge in [0.05, 0.1) is 18.0 Å². The lowest BCUT2D eigenvalue weighted by Gasteiger charge is -2.43. The Labute approximate surface area is 168 Å². The van der Waals surface area contributed by atoms with Crippen molar-refractivity contribution in [1.82, 2.24) is 25.4 Å². The Morgan fingerprint density at radius 1 is 1.14 bits per heavy atom. The number of nitrogens with zero attached hydrogens (tertiary/aromatic N) is 2. The predicted octanol–water partition coefficient (Wildman–Crippen LogP) is 2.24. The summed E-state index contributed by atoms with van der Waals surface area (Å²) < 4.78 is 6.37. The summed E-state index contributed by atoms with van der Waals surface area (Å²) in [4.78, 5) is 18.7. The van der Waals surface area contributed by atoms with Crippen molar-refractivity contribution in [3.05, 3.63) is 52.5 Å². The summed E-state index contributed by atoms with van der Waals surface area (Å²) in [6.07, 6.45) is 3.42. The summed E-state index contributed by atoms with van der Waals surface area (Å²) in [5, 5.41) is 12.0. The molecule has 5 heterocycles. The lowest BCUT2D eigenvalue weighted by molar-refractivity contribution is -0.0958. The molecule has 1 aromatic carbocycles. The zero-order valence-electron chi connectivity index (χ0n) is 16.4. The van der Waals surface area contributed by atoms with Crippen LogP contribution in [0.15, 0.2) is 24.3 Å². The predicted molar refractivity (Wildman–Crippen MR) is 109 cm³/mol. The number of piperidine rings is 1. The minimum Gasteiger partial charge on any atom is -0.368 e. The van der Waals surface area contributed by atoms with Crippen LogP contribution >= 0.6 is 0 Å². The molecule has 29 heavy (non-hydrogen) atoms. The number of fused-ring (bicyclic) bond motifs is 5. The van der Waals surface area contributed by atoms with E-state index < -0.39 is 0 Å². The maximum atomic E-state index is 13.2. The highest BCUT2D eigenvalue weighted by Gasteiger charge is 2.44. The highest BCUT2D eigenvalue weighted by molar-refractivity contribution is 5.94. The molecule has 6 rings (SSSR count). The first-order valence-corrected chi connectivity index (χ1v) is 10.6. The van der Waals surface area contributed by atoms with E-state index in [2.05, 4.69) is 44.8 Å². The summed E-state index contributed by atoms with van der Waals surface area (Å²) >= 11 is 0. The molecule has 0 unspecified atom stereocenters. The molecule has 1 amide bonds. The van der Waals surface area contributed by atoms with Gasteiger partial charge in [0.25, 0.3) is 5.91 Å². The Balaban J connectivity index is 1.26. The number of carbonyl (C=O) groups excluding carboxylic acids is 1. The fraction of sp³-hybridized carbons (Fsp3) is 0.455. The highest BCUT2D eigenvalue weighted by Crippen LogP contribution is 2.43. The molecular formula is C22H25N5O2. The minimum absolute atomic E-state index is 0.0481. The molecule has 150 valence electrons. The number of H-pyrrole nitrogens is 2. The number of likely N-dealkylation sites (tertiary alicyclic amines) is 1. The Bertz CT molecular complexity index is 1090. The second-order valence-corrected chi connectivity index (χ2v) is 8.37. The van der Waals surface area contributed by atoms with E-state index in [0.717, 1.165) is 56.6 Å². The van der Waals surface area contributed by atoms with Crippen LogP contribution in [-0.2, 0) is 29.7 Å². The summed E-state index contributed by atoms with van der Waals surface area (Å²) in [5.74, 6) is 0.0481. The Kier molecular flexibility index (Phi) is 3.82. The van der Waals surface area contributed by atoms with Crippen molar-refractivity contribution < 1.29 is 9.53 Å². The topological polar surface area (TPSA) is 86.0 Å². The standard InChI is InChI=1S/C22H25N5O2/c28-21(19-16-5-9-23-13-18(16)25-26-19)27-10-7-22(8-11-27)20-15(6-12-29-22)14-3-1-2-4-17(14)24-20/h1-4,23-24H,5-13H2,(H,25,26). The van der Waals surface area contributed by atoms with Crippen molar-refractivity contribution in [2.45, 2.75) is 37.8 Å². The summed E-state index contributed by atoms with van der Waals surface area (Å²) in [7, 11) is 0. The van der Waals surface area contributed by atoms with Crippen LogP contribution in [-0.4, -0.2) is 52.2 Å². The van der Waals surface area contributed by atoms with Gasteiger partial charge < -0.3 is 19.9 Å². The molecule has 0 atom stereocenters. The largest absolute Gasteiger partial charge is 0.368 e. The van der Waals surface area contributed by atoms with Gasteiger partial charge in [-0.25, -0.2) is 0 Å². The number of carbonyl (C=O) groups is 1. The quantitative estimate of drug-likeness (QED) is 0.594. The molecule has 0 radical (unpaired) electrons. The molecule has 1 spiro atoms. The normalized spacial score (nSPS) is 20.6. The first-order chi connectivity index (χ1) is 14.3. The minimum atomic E-state index is -0.307. The molecule has 7 nitrogen and oxygen atoms in total. The van der Waals surface area contributed by atoms with Crippen molar-refractivity contribution in [2.75, 3.05) is 26.2 Å². The van der Waals surface area contributed by atoms with Crippen LogP contribution in [0.2, 0.25) is 0 Å². The van der Waals surface area contributed by atoms with Gasteiger partial charge in [0, 0.05) is 36.1 Å². The number of aromatic amines is 2. The van der Waals surface area contributed by atoms with Crippen LogP contribution in [0.25, 0.3) is 10.9 Å². The van der Waals surface area contributed by atoms with E-state index in [9.17, 15) is 4.79 Å². The SMILES string of the molecule is O=C(c1n[nH]c2c1CCNC2)N1CCC2(CC1)OCCc1c2[nH]c2ccccc12. The fourth-order valence-corrected chi connectivity index (χ4v) is 5.30. The molecule has 3 aromatic rings. The Hall–Kier alpha value is -2.64. The Morgan fingerprint density at radius 3 is 2.90 bits per heavy atom. The molecule has 0 bridgehead atoms. The number of hydrogen-bond donors (Lipinski definition) is 3. The van der Waals surface area contributed by atoms with Crippen molar-refractivity contribution >= 4 is 16.8 Å². The molecule has 3 aliphatic rings. The van der Waals surface area contributed by atoms with E-state index in [0.29, 0.717) is 18.8 Å². The monoisotopic (exact) mass is 391 g/mol. The number of rotatable bonds is 1. The van der Waals surface area contributed by atoms with Crippen molar-refractivity contribution in [2.24, 2.45) is 0 Å². The molecule has 3 N–H and O–H groups in total. The number of ether oxygens (including phenoxy) is 1. The molecule has 0 aliphatic carbocycles. The molecule has 7 heteroatoms. The van der Waals surface area contributed by atoms with Gasteiger partial charge in [0.1, 0.15) is 5.60 Å². The van der Waals surface area contributed by atoms with Gasteiger partial charge in [-0.3, -0.25) is 9.89 Å². The van der Waals surface area contributed by atoms with Gasteiger partial charge in [0.2, 0.25) is 0 Å². The average Bonchev–Trinajstić information content (AvgIpc) is 3.37. The van der Waals surface area contributed by atoms with E-state index in [1.807, 2.05) is 4.90 Å². The van der Waals surface area contributed by atoms with Crippen LogP contribution < -0.4 is 5.32 Å². The highest BCUT2D eigenvalue weighted by atomic mass is 16.5. The van der Waals surface area contributed by atoms with Gasteiger partial charge in [-0.2, -0.15) is 5.10 Å². The molecule has 2 aromatic heterocycles. The van der Waals surface area contributed by atoms with Crippen LogP contribution in [0, 0.1) is 0 Å².